The minimum atomic E-state index is -3.40. The highest BCUT2D eigenvalue weighted by Gasteiger charge is 2.24. The van der Waals surface area contributed by atoms with Crippen LogP contribution in [0.3, 0.4) is 0 Å². The van der Waals surface area contributed by atoms with Crippen LogP contribution in [-0.2, 0) is 10.2 Å². The molecule has 0 heterocycles. The molecule has 6 heteroatoms. The van der Waals surface area contributed by atoms with Crippen molar-refractivity contribution in [3.63, 3.8) is 0 Å². The van der Waals surface area contributed by atoms with Gasteiger partial charge in [0.1, 0.15) is 0 Å². The van der Waals surface area contributed by atoms with E-state index in [1.165, 1.54) is 14.1 Å². The maximum atomic E-state index is 11.4. The lowest BCUT2D eigenvalue weighted by atomic mass is 10.0. The van der Waals surface area contributed by atoms with Crippen molar-refractivity contribution in [3.8, 4) is 0 Å². The fraction of sp³-hybridized carbons (Fsp3) is 1.00. The second-order valence-corrected chi connectivity index (χ2v) is 6.22. The Morgan fingerprint density at radius 2 is 1.93 bits per heavy atom. The van der Waals surface area contributed by atoms with Crippen molar-refractivity contribution >= 4 is 10.2 Å². The van der Waals surface area contributed by atoms with Gasteiger partial charge in [-0.1, -0.05) is 12.8 Å². The Kier molecular flexibility index (Phi) is 4.51. The maximum Gasteiger partial charge on any atom is 0.279 e. The van der Waals surface area contributed by atoms with Gasteiger partial charge in [-0.3, -0.25) is 0 Å². The van der Waals surface area contributed by atoms with Gasteiger partial charge in [0.05, 0.1) is 6.10 Å². The van der Waals surface area contributed by atoms with Crippen LogP contribution in [0, 0.1) is 5.92 Å². The lowest BCUT2D eigenvalue weighted by Gasteiger charge is -2.19. The van der Waals surface area contributed by atoms with E-state index < -0.39 is 16.3 Å². The first-order valence-corrected chi connectivity index (χ1v) is 6.72. The molecule has 0 radical (unpaired) electrons. The molecule has 1 rings (SSSR count). The zero-order chi connectivity index (χ0) is 11.5. The number of hydrogen-bond donors (Lipinski definition) is 2. The number of aliphatic hydroxyl groups excluding tert-OH is 1. The molecule has 0 spiro atoms. The molecule has 0 amide bonds. The van der Waals surface area contributed by atoms with Crippen molar-refractivity contribution in [1.29, 1.82) is 0 Å². The third-order valence-electron chi connectivity index (χ3n) is 2.90. The summed E-state index contributed by atoms with van der Waals surface area (Å²) in [5, 5.41) is 9.75. The largest absolute Gasteiger partial charge is 0.391 e. The van der Waals surface area contributed by atoms with Gasteiger partial charge in [-0.2, -0.15) is 17.4 Å². The monoisotopic (exact) mass is 236 g/mol. The summed E-state index contributed by atoms with van der Waals surface area (Å²) in [7, 11) is -0.474. The number of rotatable bonds is 5. The van der Waals surface area contributed by atoms with E-state index in [1.54, 1.807) is 0 Å². The SMILES string of the molecule is CN(C)S(=O)(=O)NCC(O)C1CCCC1. The van der Waals surface area contributed by atoms with Crippen molar-refractivity contribution in [3.05, 3.63) is 0 Å². The van der Waals surface area contributed by atoms with Crippen molar-refractivity contribution in [2.75, 3.05) is 20.6 Å². The predicted molar refractivity (Wildman–Crippen MR) is 58.6 cm³/mol. The van der Waals surface area contributed by atoms with E-state index in [-0.39, 0.29) is 12.5 Å². The maximum absolute atomic E-state index is 11.4. The van der Waals surface area contributed by atoms with Crippen LogP contribution in [-0.4, -0.2) is 44.6 Å². The molecule has 0 aliphatic heterocycles. The van der Waals surface area contributed by atoms with E-state index in [1.807, 2.05) is 0 Å². The average Bonchev–Trinajstić information content (AvgIpc) is 2.66. The fourth-order valence-corrected chi connectivity index (χ4v) is 2.47. The van der Waals surface area contributed by atoms with Crippen molar-refractivity contribution in [1.82, 2.24) is 9.03 Å². The number of nitrogens with zero attached hydrogens (tertiary/aromatic N) is 1. The van der Waals surface area contributed by atoms with Crippen molar-refractivity contribution in [2.24, 2.45) is 5.92 Å². The first-order valence-electron chi connectivity index (χ1n) is 5.28. The summed E-state index contributed by atoms with van der Waals surface area (Å²) in [6.45, 7) is 0.116. The minimum Gasteiger partial charge on any atom is -0.391 e. The Hall–Kier alpha value is -0.170. The second kappa shape index (κ2) is 5.25. The van der Waals surface area contributed by atoms with Crippen LogP contribution in [0.25, 0.3) is 0 Å². The smallest absolute Gasteiger partial charge is 0.279 e. The molecule has 1 aliphatic carbocycles. The first kappa shape index (κ1) is 12.9. The Balaban J connectivity index is 2.36. The van der Waals surface area contributed by atoms with E-state index in [9.17, 15) is 13.5 Å². The molecule has 0 aromatic rings. The normalized spacial score (nSPS) is 21.1. The molecule has 0 saturated heterocycles. The summed E-state index contributed by atoms with van der Waals surface area (Å²) < 4.78 is 26.2. The molecule has 15 heavy (non-hydrogen) atoms. The molecule has 1 aliphatic rings. The standard InChI is InChI=1S/C9H20N2O3S/c1-11(2)15(13,14)10-7-9(12)8-5-3-4-6-8/h8-10,12H,3-7H2,1-2H3. The molecule has 1 atom stereocenters. The van der Waals surface area contributed by atoms with Gasteiger partial charge >= 0.3 is 0 Å². The van der Waals surface area contributed by atoms with Gasteiger partial charge in [0, 0.05) is 20.6 Å². The van der Waals surface area contributed by atoms with Gasteiger partial charge in [-0.15, -0.1) is 0 Å². The van der Waals surface area contributed by atoms with Crippen LogP contribution in [0.4, 0.5) is 0 Å². The molecule has 5 nitrogen and oxygen atoms in total. The number of nitrogens with one attached hydrogen (secondary N) is 1. The van der Waals surface area contributed by atoms with Crippen LogP contribution in [0.15, 0.2) is 0 Å². The summed E-state index contributed by atoms with van der Waals surface area (Å²) in [5.41, 5.74) is 0. The summed E-state index contributed by atoms with van der Waals surface area (Å²) in [6, 6.07) is 0. The molecule has 90 valence electrons. The van der Waals surface area contributed by atoms with Crippen LogP contribution in [0.2, 0.25) is 0 Å². The van der Waals surface area contributed by atoms with Crippen molar-refractivity contribution in [2.45, 2.75) is 31.8 Å². The molecule has 1 saturated carbocycles. The molecule has 1 unspecified atom stereocenters. The van der Waals surface area contributed by atoms with E-state index in [0.717, 1.165) is 30.0 Å². The van der Waals surface area contributed by atoms with Crippen LogP contribution in [0.5, 0.6) is 0 Å². The second-order valence-electron chi connectivity index (χ2n) is 4.25. The molecule has 0 aromatic carbocycles. The number of hydrogen-bond acceptors (Lipinski definition) is 3. The summed E-state index contributed by atoms with van der Waals surface area (Å²) in [6.07, 6.45) is 3.74. The highest BCUT2D eigenvalue weighted by atomic mass is 32.2. The van der Waals surface area contributed by atoms with Crippen molar-refractivity contribution < 1.29 is 13.5 Å². The Bertz CT molecular complexity index is 284. The van der Waals surface area contributed by atoms with Gasteiger partial charge in [0.2, 0.25) is 0 Å². The van der Waals surface area contributed by atoms with Gasteiger partial charge in [0.15, 0.2) is 0 Å². The molecular weight excluding hydrogens is 216 g/mol. The Morgan fingerprint density at radius 1 is 1.40 bits per heavy atom. The topological polar surface area (TPSA) is 69.6 Å². The summed E-state index contributed by atoms with van der Waals surface area (Å²) >= 11 is 0. The van der Waals surface area contributed by atoms with Gasteiger partial charge in [0.25, 0.3) is 10.2 Å². The third kappa shape index (κ3) is 3.71. The Labute approximate surface area is 91.7 Å². The summed E-state index contributed by atoms with van der Waals surface area (Å²) in [5.74, 6) is 0.259. The van der Waals surface area contributed by atoms with Crippen LogP contribution < -0.4 is 4.72 Å². The lowest BCUT2D eigenvalue weighted by molar-refractivity contribution is 0.114. The molecule has 0 bridgehead atoms. The molecule has 1 fully saturated rings. The molecule has 2 N–H and O–H groups in total. The van der Waals surface area contributed by atoms with E-state index in [0.29, 0.717) is 0 Å². The highest BCUT2D eigenvalue weighted by molar-refractivity contribution is 7.87. The van der Waals surface area contributed by atoms with E-state index in [4.69, 9.17) is 0 Å². The zero-order valence-corrected chi connectivity index (χ0v) is 10.1. The quantitative estimate of drug-likeness (QED) is 0.702. The highest BCUT2D eigenvalue weighted by Crippen LogP contribution is 2.27. The lowest BCUT2D eigenvalue weighted by Crippen LogP contribution is -2.41. The minimum absolute atomic E-state index is 0.116. The van der Waals surface area contributed by atoms with Crippen LogP contribution >= 0.6 is 0 Å². The molecule has 0 aromatic heterocycles. The van der Waals surface area contributed by atoms with Crippen LogP contribution in [0.1, 0.15) is 25.7 Å². The van der Waals surface area contributed by atoms with Gasteiger partial charge in [-0.05, 0) is 18.8 Å². The zero-order valence-electron chi connectivity index (χ0n) is 9.31. The molecular formula is C9H20N2O3S. The fourth-order valence-electron chi connectivity index (χ4n) is 1.83. The first-order chi connectivity index (χ1) is 6.93. The van der Waals surface area contributed by atoms with E-state index >= 15 is 0 Å². The predicted octanol–water partition coefficient (Wildman–Crippen LogP) is -0.0665. The summed E-state index contributed by atoms with van der Waals surface area (Å²) in [4.78, 5) is 0. The van der Waals surface area contributed by atoms with Gasteiger partial charge in [-0.25, -0.2) is 0 Å². The average molecular weight is 236 g/mol. The van der Waals surface area contributed by atoms with Gasteiger partial charge < -0.3 is 5.11 Å². The Morgan fingerprint density at radius 3 is 2.40 bits per heavy atom. The number of aliphatic hydroxyl groups is 1. The third-order valence-corrected chi connectivity index (χ3v) is 4.39. The van der Waals surface area contributed by atoms with E-state index in [2.05, 4.69) is 4.72 Å².